The highest BCUT2D eigenvalue weighted by Crippen LogP contribution is 2.24. The fraction of sp³-hybridized carbons (Fsp3) is 0.296. The van der Waals surface area contributed by atoms with Crippen molar-refractivity contribution in [1.29, 1.82) is 0 Å². The SMILES string of the molecule is O=C(N/N=C/c1ccc(CN(Cc2ccc(Cl)cc2)S(=O)(=O)c2ccc(Cl)cc2)o1)C(=O)NC1CCCCC1. The molecule has 4 rings (SSSR count). The predicted molar refractivity (Wildman–Crippen MR) is 149 cm³/mol. The second-order valence-electron chi connectivity index (χ2n) is 9.17. The molecule has 0 spiro atoms. The van der Waals surface area contributed by atoms with Gasteiger partial charge in [0.15, 0.2) is 0 Å². The highest BCUT2D eigenvalue weighted by Gasteiger charge is 2.26. The van der Waals surface area contributed by atoms with Crippen LogP contribution in [-0.2, 0) is 32.7 Å². The Morgan fingerprint density at radius 2 is 1.54 bits per heavy atom. The zero-order chi connectivity index (χ0) is 27.8. The van der Waals surface area contributed by atoms with Crippen molar-refractivity contribution in [1.82, 2.24) is 15.0 Å². The van der Waals surface area contributed by atoms with Gasteiger partial charge in [0.2, 0.25) is 10.0 Å². The molecule has 2 aromatic carbocycles. The van der Waals surface area contributed by atoms with Crippen LogP contribution in [0.4, 0.5) is 0 Å². The molecule has 1 aliphatic rings. The van der Waals surface area contributed by atoms with Crippen LogP contribution in [0.25, 0.3) is 0 Å². The second-order valence-corrected chi connectivity index (χ2v) is 12.0. The molecule has 2 amide bonds. The van der Waals surface area contributed by atoms with E-state index in [1.807, 2.05) is 0 Å². The molecule has 1 heterocycles. The smallest absolute Gasteiger partial charge is 0.329 e. The van der Waals surface area contributed by atoms with Gasteiger partial charge in [0, 0.05) is 22.6 Å². The van der Waals surface area contributed by atoms with Gasteiger partial charge in [-0.05, 0) is 66.9 Å². The third kappa shape index (κ3) is 8.15. The van der Waals surface area contributed by atoms with Crippen molar-refractivity contribution in [2.75, 3.05) is 0 Å². The lowest BCUT2D eigenvalue weighted by Gasteiger charge is -2.22. The molecule has 0 saturated heterocycles. The van der Waals surface area contributed by atoms with E-state index in [2.05, 4.69) is 15.8 Å². The van der Waals surface area contributed by atoms with E-state index in [1.54, 1.807) is 36.4 Å². The molecule has 0 radical (unpaired) electrons. The zero-order valence-electron chi connectivity index (χ0n) is 21.0. The van der Waals surface area contributed by atoms with E-state index in [4.69, 9.17) is 27.6 Å². The Hall–Kier alpha value is -3.18. The third-order valence-corrected chi connectivity index (χ3v) is 8.55. The number of furan rings is 1. The number of nitrogens with one attached hydrogen (secondary N) is 2. The molecule has 3 aromatic rings. The highest BCUT2D eigenvalue weighted by atomic mass is 35.5. The average Bonchev–Trinajstić information content (AvgIpc) is 3.37. The van der Waals surface area contributed by atoms with Crippen LogP contribution < -0.4 is 10.7 Å². The van der Waals surface area contributed by atoms with E-state index in [0.717, 1.165) is 37.7 Å². The van der Waals surface area contributed by atoms with Crippen LogP contribution in [0.5, 0.6) is 0 Å². The predicted octanol–water partition coefficient (Wildman–Crippen LogP) is 4.88. The molecule has 1 saturated carbocycles. The van der Waals surface area contributed by atoms with Gasteiger partial charge in [0.1, 0.15) is 11.5 Å². The number of hydrazone groups is 1. The summed E-state index contributed by atoms with van der Waals surface area (Å²) in [6, 6.07) is 16.0. The van der Waals surface area contributed by atoms with E-state index in [9.17, 15) is 18.0 Å². The average molecular weight is 592 g/mol. The Morgan fingerprint density at radius 3 is 2.21 bits per heavy atom. The highest BCUT2D eigenvalue weighted by molar-refractivity contribution is 7.89. The molecule has 1 aliphatic carbocycles. The Labute approximate surface area is 237 Å². The number of sulfonamides is 1. The molecule has 1 aromatic heterocycles. The molecule has 0 unspecified atom stereocenters. The lowest BCUT2D eigenvalue weighted by Crippen LogP contribution is -2.44. The topological polar surface area (TPSA) is 121 Å². The summed E-state index contributed by atoms with van der Waals surface area (Å²) in [7, 11) is -3.92. The Kier molecular flexibility index (Phi) is 9.79. The molecular formula is C27H28Cl2N4O5S. The van der Waals surface area contributed by atoms with Crippen molar-refractivity contribution in [3.8, 4) is 0 Å². The summed E-state index contributed by atoms with van der Waals surface area (Å²) in [6.45, 7) is -0.00397. The molecule has 9 nitrogen and oxygen atoms in total. The molecule has 206 valence electrons. The van der Waals surface area contributed by atoms with E-state index >= 15 is 0 Å². The van der Waals surface area contributed by atoms with Crippen molar-refractivity contribution in [2.45, 2.75) is 56.1 Å². The summed E-state index contributed by atoms with van der Waals surface area (Å²) in [6.07, 6.45) is 6.17. The van der Waals surface area contributed by atoms with Gasteiger partial charge >= 0.3 is 11.8 Å². The molecule has 1 fully saturated rings. The Balaban J connectivity index is 1.42. The van der Waals surface area contributed by atoms with Crippen molar-refractivity contribution in [3.05, 3.63) is 87.8 Å². The van der Waals surface area contributed by atoms with Crippen LogP contribution in [0.2, 0.25) is 10.0 Å². The van der Waals surface area contributed by atoms with Crippen LogP contribution in [-0.4, -0.2) is 36.8 Å². The maximum atomic E-state index is 13.5. The lowest BCUT2D eigenvalue weighted by atomic mass is 9.95. The number of carbonyl (C=O) groups is 2. The minimum atomic E-state index is -3.92. The van der Waals surface area contributed by atoms with Gasteiger partial charge in [-0.1, -0.05) is 54.6 Å². The van der Waals surface area contributed by atoms with Crippen LogP contribution in [0.3, 0.4) is 0 Å². The number of carbonyl (C=O) groups excluding carboxylic acids is 2. The number of hydrogen-bond acceptors (Lipinski definition) is 6. The monoisotopic (exact) mass is 590 g/mol. The zero-order valence-corrected chi connectivity index (χ0v) is 23.3. The van der Waals surface area contributed by atoms with Crippen LogP contribution in [0.15, 0.2) is 75.1 Å². The maximum absolute atomic E-state index is 13.5. The first-order valence-corrected chi connectivity index (χ1v) is 14.6. The van der Waals surface area contributed by atoms with E-state index in [0.29, 0.717) is 15.8 Å². The summed E-state index contributed by atoms with van der Waals surface area (Å²) in [5.74, 6) is -0.978. The van der Waals surface area contributed by atoms with E-state index in [1.165, 1.54) is 34.8 Å². The molecule has 2 N–H and O–H groups in total. The van der Waals surface area contributed by atoms with Gasteiger partial charge in [-0.2, -0.15) is 9.41 Å². The summed E-state index contributed by atoms with van der Waals surface area (Å²) in [5, 5.41) is 7.48. The van der Waals surface area contributed by atoms with Gasteiger partial charge in [0.25, 0.3) is 0 Å². The first-order chi connectivity index (χ1) is 18.7. The van der Waals surface area contributed by atoms with Gasteiger partial charge < -0.3 is 9.73 Å². The number of rotatable bonds is 9. The minimum Gasteiger partial charge on any atom is -0.459 e. The molecule has 12 heteroatoms. The van der Waals surface area contributed by atoms with Gasteiger partial charge in [-0.25, -0.2) is 13.8 Å². The summed E-state index contributed by atoms with van der Waals surface area (Å²) in [5.41, 5.74) is 2.92. The number of amides is 2. The number of nitrogens with zero attached hydrogens (tertiary/aromatic N) is 2. The molecule has 39 heavy (non-hydrogen) atoms. The first kappa shape index (κ1) is 28.8. The summed E-state index contributed by atoms with van der Waals surface area (Å²) in [4.78, 5) is 24.2. The number of benzene rings is 2. The molecule has 0 atom stereocenters. The minimum absolute atomic E-state index is 0.00795. The standard InChI is InChI=1S/C27H28Cl2N4O5S/c28-20-8-6-19(7-9-20)17-33(39(36,37)25-14-10-21(29)11-15-25)18-24-13-12-23(38-24)16-30-32-27(35)26(34)31-22-4-2-1-3-5-22/h6-16,22H,1-5,17-18H2,(H,31,34)(H,32,35)/b30-16+. The quantitative estimate of drug-likeness (QED) is 0.209. The Morgan fingerprint density at radius 1 is 0.897 bits per heavy atom. The summed E-state index contributed by atoms with van der Waals surface area (Å²) < 4.78 is 34.0. The molecule has 0 aliphatic heterocycles. The first-order valence-electron chi connectivity index (χ1n) is 12.4. The molecule has 0 bridgehead atoms. The fourth-order valence-electron chi connectivity index (χ4n) is 4.20. The molecular weight excluding hydrogens is 563 g/mol. The largest absolute Gasteiger partial charge is 0.459 e. The van der Waals surface area contributed by atoms with Crippen LogP contribution in [0, 0.1) is 0 Å². The maximum Gasteiger partial charge on any atom is 0.329 e. The lowest BCUT2D eigenvalue weighted by molar-refractivity contribution is -0.139. The Bertz CT molecular complexity index is 1420. The number of hydrogen-bond donors (Lipinski definition) is 2. The van der Waals surface area contributed by atoms with Gasteiger partial charge in [0.05, 0.1) is 17.7 Å². The van der Waals surface area contributed by atoms with Crippen molar-refractivity contribution < 1.29 is 22.4 Å². The van der Waals surface area contributed by atoms with Crippen molar-refractivity contribution in [2.24, 2.45) is 5.10 Å². The van der Waals surface area contributed by atoms with Crippen molar-refractivity contribution in [3.63, 3.8) is 0 Å². The van der Waals surface area contributed by atoms with E-state index in [-0.39, 0.29) is 29.8 Å². The normalized spacial score (nSPS) is 14.5. The van der Waals surface area contributed by atoms with Gasteiger partial charge in [-0.3, -0.25) is 9.59 Å². The van der Waals surface area contributed by atoms with Crippen LogP contribution in [0.1, 0.15) is 49.2 Å². The van der Waals surface area contributed by atoms with E-state index < -0.39 is 21.8 Å². The second kappa shape index (κ2) is 13.3. The van der Waals surface area contributed by atoms with Gasteiger partial charge in [-0.15, -0.1) is 0 Å². The third-order valence-electron chi connectivity index (χ3n) is 6.24. The number of halogens is 2. The van der Waals surface area contributed by atoms with Crippen molar-refractivity contribution >= 4 is 51.3 Å². The summed E-state index contributed by atoms with van der Waals surface area (Å²) >= 11 is 11.9. The van der Waals surface area contributed by atoms with Crippen LogP contribution >= 0.6 is 23.2 Å². The fourth-order valence-corrected chi connectivity index (χ4v) is 5.85.